The minimum atomic E-state index is -0.583. The molecule has 1 aliphatic rings. The number of benzene rings is 1. The molecule has 1 aromatic carbocycles. The first-order valence-electron chi connectivity index (χ1n) is 7.29. The van der Waals surface area contributed by atoms with Crippen LogP contribution in [-0.2, 0) is 30.7 Å². The van der Waals surface area contributed by atoms with Crippen molar-refractivity contribution in [2.24, 2.45) is 0 Å². The average molecular weight is 299 g/mol. The molecule has 114 valence electrons. The molecule has 0 saturated heterocycles. The highest BCUT2D eigenvalue weighted by Crippen LogP contribution is 2.22. The largest absolute Gasteiger partial charge is 0.350 e. The van der Waals surface area contributed by atoms with E-state index in [0.717, 1.165) is 18.4 Å². The summed E-state index contributed by atoms with van der Waals surface area (Å²) in [5.74, 6) is -0.269. The van der Waals surface area contributed by atoms with Gasteiger partial charge in [0, 0.05) is 18.8 Å². The van der Waals surface area contributed by atoms with Crippen LogP contribution in [0.1, 0.15) is 23.1 Å². The van der Waals surface area contributed by atoms with E-state index >= 15 is 0 Å². The van der Waals surface area contributed by atoms with E-state index in [1.807, 2.05) is 6.07 Å². The van der Waals surface area contributed by atoms with E-state index in [0.29, 0.717) is 6.54 Å². The van der Waals surface area contributed by atoms with Crippen molar-refractivity contribution in [1.29, 1.82) is 0 Å². The number of aromatic nitrogens is 2. The summed E-state index contributed by atoms with van der Waals surface area (Å²) in [5, 5.41) is 2.79. The lowest BCUT2D eigenvalue weighted by molar-refractivity contribution is -0.121. The van der Waals surface area contributed by atoms with Crippen LogP contribution in [0.2, 0.25) is 0 Å². The fourth-order valence-electron chi connectivity index (χ4n) is 2.72. The molecule has 1 aliphatic carbocycles. The Balaban J connectivity index is 1.60. The Morgan fingerprint density at radius 1 is 1.18 bits per heavy atom. The van der Waals surface area contributed by atoms with Crippen LogP contribution in [0.15, 0.2) is 40.1 Å². The number of amides is 1. The molecule has 2 aromatic rings. The van der Waals surface area contributed by atoms with Gasteiger partial charge in [-0.05, 0) is 36.0 Å². The summed E-state index contributed by atoms with van der Waals surface area (Å²) in [5.41, 5.74) is 2.77. The van der Waals surface area contributed by atoms with Gasteiger partial charge in [-0.2, -0.15) is 0 Å². The molecule has 3 rings (SSSR count). The highest BCUT2D eigenvalue weighted by molar-refractivity contribution is 5.75. The first-order valence-corrected chi connectivity index (χ1v) is 7.29. The normalized spacial score (nSPS) is 12.9. The van der Waals surface area contributed by atoms with Crippen LogP contribution in [-0.4, -0.2) is 15.5 Å². The quantitative estimate of drug-likeness (QED) is 0.854. The van der Waals surface area contributed by atoms with Crippen molar-refractivity contribution >= 4 is 5.91 Å². The fraction of sp³-hybridized carbons (Fsp3) is 0.312. The Hall–Kier alpha value is -2.63. The van der Waals surface area contributed by atoms with Crippen LogP contribution < -0.4 is 16.6 Å². The Kier molecular flexibility index (Phi) is 3.91. The molecule has 22 heavy (non-hydrogen) atoms. The highest BCUT2D eigenvalue weighted by Gasteiger charge is 2.11. The second-order valence-electron chi connectivity index (χ2n) is 5.47. The second kappa shape index (κ2) is 6.01. The smallest absolute Gasteiger partial charge is 0.328 e. The maximum atomic E-state index is 11.9. The first kappa shape index (κ1) is 14.3. The molecule has 1 heterocycles. The van der Waals surface area contributed by atoms with Crippen molar-refractivity contribution in [1.82, 2.24) is 14.9 Å². The van der Waals surface area contributed by atoms with Crippen molar-refractivity contribution in [3.05, 3.63) is 68.0 Å². The minimum Gasteiger partial charge on any atom is -0.350 e. The lowest BCUT2D eigenvalue weighted by atomic mass is 10.1. The van der Waals surface area contributed by atoms with E-state index in [9.17, 15) is 14.4 Å². The van der Waals surface area contributed by atoms with E-state index in [1.54, 1.807) is 0 Å². The SMILES string of the molecule is O=C(Cn1ccc(=O)[nH]c1=O)NCc1ccc2c(c1)CCC2. The Labute approximate surface area is 126 Å². The number of rotatable bonds is 4. The fourth-order valence-corrected chi connectivity index (χ4v) is 2.72. The molecule has 0 saturated carbocycles. The van der Waals surface area contributed by atoms with Gasteiger partial charge in [0.05, 0.1) is 0 Å². The summed E-state index contributed by atoms with van der Waals surface area (Å²) in [6.07, 6.45) is 4.75. The molecule has 0 fully saturated rings. The summed E-state index contributed by atoms with van der Waals surface area (Å²) in [6.45, 7) is 0.324. The van der Waals surface area contributed by atoms with E-state index in [4.69, 9.17) is 0 Å². The molecule has 0 bridgehead atoms. The summed E-state index contributed by atoms with van der Waals surface area (Å²) >= 11 is 0. The summed E-state index contributed by atoms with van der Waals surface area (Å²) in [4.78, 5) is 36.5. The Morgan fingerprint density at radius 3 is 2.82 bits per heavy atom. The number of aromatic amines is 1. The predicted octanol–water partition coefficient (Wildman–Crippen LogP) is 0.342. The van der Waals surface area contributed by atoms with Crippen LogP contribution in [0.5, 0.6) is 0 Å². The van der Waals surface area contributed by atoms with Crippen LogP contribution in [0.3, 0.4) is 0 Å². The van der Waals surface area contributed by atoms with Gasteiger partial charge in [0.1, 0.15) is 6.54 Å². The topological polar surface area (TPSA) is 84.0 Å². The third kappa shape index (κ3) is 3.16. The van der Waals surface area contributed by atoms with Gasteiger partial charge in [-0.25, -0.2) is 4.79 Å². The predicted molar refractivity (Wildman–Crippen MR) is 81.6 cm³/mol. The number of nitrogens with one attached hydrogen (secondary N) is 2. The molecule has 0 aliphatic heterocycles. The van der Waals surface area contributed by atoms with Crippen molar-refractivity contribution < 1.29 is 4.79 Å². The van der Waals surface area contributed by atoms with Crippen LogP contribution in [0, 0.1) is 0 Å². The lowest BCUT2D eigenvalue weighted by Crippen LogP contribution is -2.35. The number of carbonyl (C=O) groups excluding carboxylic acids is 1. The zero-order valence-corrected chi connectivity index (χ0v) is 12.1. The zero-order chi connectivity index (χ0) is 15.5. The van der Waals surface area contributed by atoms with Crippen molar-refractivity contribution in [2.75, 3.05) is 0 Å². The zero-order valence-electron chi connectivity index (χ0n) is 12.1. The third-order valence-electron chi connectivity index (χ3n) is 3.86. The molecule has 0 spiro atoms. The van der Waals surface area contributed by atoms with Crippen molar-refractivity contribution in [3.63, 3.8) is 0 Å². The third-order valence-corrected chi connectivity index (χ3v) is 3.86. The first-order chi connectivity index (χ1) is 10.6. The van der Waals surface area contributed by atoms with Gasteiger partial charge >= 0.3 is 5.69 Å². The summed E-state index contributed by atoms with van der Waals surface area (Å²) < 4.78 is 1.17. The second-order valence-corrected chi connectivity index (χ2v) is 5.47. The molecule has 0 atom stereocenters. The molecule has 6 heteroatoms. The average Bonchev–Trinajstić information content (AvgIpc) is 2.95. The van der Waals surface area contributed by atoms with Gasteiger partial charge in [-0.15, -0.1) is 0 Å². The van der Waals surface area contributed by atoms with Gasteiger partial charge in [0.2, 0.25) is 5.91 Å². The molecule has 6 nitrogen and oxygen atoms in total. The monoisotopic (exact) mass is 299 g/mol. The molecule has 1 aromatic heterocycles. The Bertz CT molecular complexity index is 820. The lowest BCUT2D eigenvalue weighted by Gasteiger charge is -2.08. The molecular weight excluding hydrogens is 282 g/mol. The van der Waals surface area contributed by atoms with Crippen LogP contribution in [0.4, 0.5) is 0 Å². The maximum Gasteiger partial charge on any atom is 0.328 e. The summed E-state index contributed by atoms with van der Waals surface area (Å²) in [7, 11) is 0. The van der Waals surface area contributed by atoms with E-state index in [-0.39, 0.29) is 12.5 Å². The number of carbonyl (C=O) groups is 1. The highest BCUT2D eigenvalue weighted by atomic mass is 16.2. The minimum absolute atomic E-state index is 0.111. The van der Waals surface area contributed by atoms with E-state index < -0.39 is 11.2 Å². The molecule has 0 radical (unpaired) electrons. The Morgan fingerprint density at radius 2 is 2.00 bits per heavy atom. The van der Waals surface area contributed by atoms with Crippen molar-refractivity contribution in [3.8, 4) is 0 Å². The van der Waals surface area contributed by atoms with Crippen LogP contribution >= 0.6 is 0 Å². The number of nitrogens with zero attached hydrogens (tertiary/aromatic N) is 1. The standard InChI is InChI=1S/C16H17N3O3/c20-14-6-7-19(16(22)18-14)10-15(21)17-9-11-4-5-12-2-1-3-13(12)8-11/h4-8H,1-3,9-10H2,(H,17,21)(H,18,20,22). The van der Waals surface area contributed by atoms with Crippen molar-refractivity contribution in [2.45, 2.75) is 32.4 Å². The molecular formula is C16H17N3O3. The molecule has 0 unspecified atom stereocenters. The van der Waals surface area contributed by atoms with Crippen LogP contribution in [0.25, 0.3) is 0 Å². The number of fused-ring (bicyclic) bond motifs is 1. The van der Waals surface area contributed by atoms with E-state index in [2.05, 4.69) is 22.4 Å². The van der Waals surface area contributed by atoms with Gasteiger partial charge in [-0.1, -0.05) is 18.2 Å². The molecule has 2 N–H and O–H groups in total. The van der Waals surface area contributed by atoms with Gasteiger partial charge in [-0.3, -0.25) is 19.1 Å². The van der Waals surface area contributed by atoms with Gasteiger partial charge < -0.3 is 5.32 Å². The number of hydrogen-bond donors (Lipinski definition) is 2. The van der Waals surface area contributed by atoms with Gasteiger partial charge in [0.25, 0.3) is 5.56 Å². The maximum absolute atomic E-state index is 11.9. The molecule has 1 amide bonds. The summed E-state index contributed by atoms with van der Waals surface area (Å²) in [6, 6.07) is 7.50. The number of aryl methyl sites for hydroxylation is 2. The number of hydrogen-bond acceptors (Lipinski definition) is 3. The van der Waals surface area contributed by atoms with Gasteiger partial charge in [0.15, 0.2) is 0 Å². The number of H-pyrrole nitrogens is 1. The van der Waals surface area contributed by atoms with E-state index in [1.165, 1.54) is 34.4 Å².